The van der Waals surface area contributed by atoms with Crippen molar-refractivity contribution in [1.82, 2.24) is 29.7 Å². The average molecular weight is 451 g/mol. The zero-order chi connectivity index (χ0) is 22.9. The van der Waals surface area contributed by atoms with Gasteiger partial charge in [0, 0.05) is 17.8 Å². The Bertz CT molecular complexity index is 1400. The standard InChI is InChI=1S/C22H16ClFN6O2/c1-22(2,3)32-21(31)30-18-14(5-4-6-15(18)24)16(29-30)8-7-13-9-11-25-19(27-13)17-10-12-26-20(23)28-17/h4-6,9-12H,1-3H3. The molecule has 160 valence electrons. The number of nitrogens with zero attached hydrogens (tertiary/aromatic N) is 6. The molecule has 4 aromatic rings. The van der Waals surface area contributed by atoms with Crippen LogP contribution in [0.15, 0.2) is 42.7 Å². The Kier molecular flexibility index (Phi) is 5.55. The first-order chi connectivity index (χ1) is 15.2. The second kappa shape index (κ2) is 8.32. The van der Waals surface area contributed by atoms with Crippen molar-refractivity contribution in [3.8, 4) is 23.4 Å². The van der Waals surface area contributed by atoms with E-state index in [1.165, 1.54) is 24.5 Å². The van der Waals surface area contributed by atoms with Gasteiger partial charge in [0.25, 0.3) is 0 Å². The van der Waals surface area contributed by atoms with Gasteiger partial charge in [-0.25, -0.2) is 29.1 Å². The maximum absolute atomic E-state index is 14.5. The number of ether oxygens (including phenoxy) is 1. The third-order valence-corrected chi connectivity index (χ3v) is 4.22. The van der Waals surface area contributed by atoms with Gasteiger partial charge in [0.2, 0.25) is 5.28 Å². The number of benzene rings is 1. The molecule has 0 atom stereocenters. The fourth-order valence-electron chi connectivity index (χ4n) is 2.79. The Morgan fingerprint density at radius 1 is 1.09 bits per heavy atom. The maximum Gasteiger partial charge on any atom is 0.435 e. The van der Waals surface area contributed by atoms with Crippen LogP contribution in [0.5, 0.6) is 0 Å². The van der Waals surface area contributed by atoms with Gasteiger partial charge in [0.1, 0.15) is 34.0 Å². The van der Waals surface area contributed by atoms with Gasteiger partial charge in [-0.15, -0.1) is 0 Å². The molecule has 32 heavy (non-hydrogen) atoms. The largest absolute Gasteiger partial charge is 0.442 e. The molecular formula is C22H16ClFN6O2. The smallest absolute Gasteiger partial charge is 0.435 e. The normalized spacial score (nSPS) is 11.2. The van der Waals surface area contributed by atoms with Crippen molar-refractivity contribution in [2.45, 2.75) is 26.4 Å². The molecule has 8 nitrogen and oxygen atoms in total. The van der Waals surface area contributed by atoms with Crippen LogP contribution in [0.3, 0.4) is 0 Å². The molecule has 4 rings (SSSR count). The molecule has 0 aliphatic rings. The molecule has 0 spiro atoms. The van der Waals surface area contributed by atoms with Crippen LogP contribution in [-0.4, -0.2) is 41.4 Å². The summed E-state index contributed by atoms with van der Waals surface area (Å²) >= 11 is 5.83. The van der Waals surface area contributed by atoms with Crippen LogP contribution >= 0.6 is 11.6 Å². The van der Waals surface area contributed by atoms with Crippen LogP contribution in [0.25, 0.3) is 22.4 Å². The monoisotopic (exact) mass is 450 g/mol. The summed E-state index contributed by atoms with van der Waals surface area (Å²) in [5.74, 6) is 5.43. The van der Waals surface area contributed by atoms with Gasteiger partial charge in [-0.2, -0.15) is 9.78 Å². The second-order valence-electron chi connectivity index (χ2n) is 7.60. The molecule has 1 aromatic carbocycles. The topological polar surface area (TPSA) is 95.7 Å². The summed E-state index contributed by atoms with van der Waals surface area (Å²) in [6.45, 7) is 5.14. The predicted molar refractivity (Wildman–Crippen MR) is 115 cm³/mol. The minimum Gasteiger partial charge on any atom is -0.442 e. The highest BCUT2D eigenvalue weighted by atomic mass is 35.5. The zero-order valence-electron chi connectivity index (χ0n) is 17.3. The van der Waals surface area contributed by atoms with Crippen LogP contribution in [-0.2, 0) is 4.74 Å². The number of para-hydroxylation sites is 1. The molecule has 0 N–H and O–H groups in total. The van der Waals surface area contributed by atoms with E-state index in [4.69, 9.17) is 16.3 Å². The van der Waals surface area contributed by atoms with Crippen molar-refractivity contribution in [2.75, 3.05) is 0 Å². The van der Waals surface area contributed by atoms with Gasteiger partial charge in [0.15, 0.2) is 5.82 Å². The summed E-state index contributed by atoms with van der Waals surface area (Å²) < 4.78 is 20.8. The summed E-state index contributed by atoms with van der Waals surface area (Å²) in [5, 5.41) is 4.64. The predicted octanol–water partition coefficient (Wildman–Crippen LogP) is 4.26. The quantitative estimate of drug-likeness (QED) is 0.316. The molecule has 3 heterocycles. The molecule has 0 aliphatic heterocycles. The Morgan fingerprint density at radius 2 is 1.88 bits per heavy atom. The summed E-state index contributed by atoms with van der Waals surface area (Å²) in [6.07, 6.45) is 2.22. The van der Waals surface area contributed by atoms with Crippen molar-refractivity contribution in [1.29, 1.82) is 0 Å². The van der Waals surface area contributed by atoms with Gasteiger partial charge < -0.3 is 4.74 Å². The lowest BCUT2D eigenvalue weighted by atomic mass is 10.2. The van der Waals surface area contributed by atoms with E-state index in [1.54, 1.807) is 39.0 Å². The molecule has 0 unspecified atom stereocenters. The third-order valence-electron chi connectivity index (χ3n) is 4.04. The Labute approximate surface area is 187 Å². The van der Waals surface area contributed by atoms with Gasteiger partial charge in [-0.3, -0.25) is 0 Å². The minimum absolute atomic E-state index is 0.00921. The van der Waals surface area contributed by atoms with Gasteiger partial charge >= 0.3 is 6.09 Å². The molecule has 0 saturated carbocycles. The number of hydrogen-bond acceptors (Lipinski definition) is 7. The number of hydrogen-bond donors (Lipinski definition) is 0. The zero-order valence-corrected chi connectivity index (χ0v) is 18.1. The highest BCUT2D eigenvalue weighted by Gasteiger charge is 2.23. The first-order valence-electron chi connectivity index (χ1n) is 9.46. The van der Waals surface area contributed by atoms with Crippen LogP contribution in [0.2, 0.25) is 5.28 Å². The van der Waals surface area contributed by atoms with Crippen molar-refractivity contribution in [3.05, 3.63) is 65.2 Å². The molecule has 0 amide bonds. The molecular weight excluding hydrogens is 435 g/mol. The summed E-state index contributed by atoms with van der Waals surface area (Å²) in [4.78, 5) is 29.0. The van der Waals surface area contributed by atoms with E-state index in [2.05, 4.69) is 36.9 Å². The van der Waals surface area contributed by atoms with Crippen LogP contribution < -0.4 is 0 Å². The molecule has 0 bridgehead atoms. The number of fused-ring (bicyclic) bond motifs is 1. The highest BCUT2D eigenvalue weighted by molar-refractivity contribution is 6.28. The first-order valence-corrected chi connectivity index (χ1v) is 9.84. The lowest BCUT2D eigenvalue weighted by Crippen LogP contribution is -2.28. The van der Waals surface area contributed by atoms with Gasteiger partial charge in [-0.1, -0.05) is 6.07 Å². The van der Waals surface area contributed by atoms with E-state index < -0.39 is 17.5 Å². The maximum atomic E-state index is 14.5. The summed E-state index contributed by atoms with van der Waals surface area (Å²) in [7, 11) is 0. The molecule has 10 heteroatoms. The first kappa shape index (κ1) is 21.3. The van der Waals surface area contributed by atoms with E-state index in [1.807, 2.05) is 0 Å². The molecule has 0 aliphatic carbocycles. The van der Waals surface area contributed by atoms with Crippen molar-refractivity contribution >= 4 is 28.6 Å². The third kappa shape index (κ3) is 4.55. The fraction of sp³-hybridized carbons (Fsp3) is 0.182. The number of carbonyl (C=O) groups is 1. The SMILES string of the molecule is CC(C)(C)OC(=O)n1nc(C#Cc2ccnc(-c3ccnc(Cl)n3)n2)c2cccc(F)c21. The lowest BCUT2D eigenvalue weighted by molar-refractivity contribution is 0.0521. The lowest BCUT2D eigenvalue weighted by Gasteiger charge is -2.19. The average Bonchev–Trinajstić information content (AvgIpc) is 3.12. The van der Waals surface area contributed by atoms with E-state index in [0.29, 0.717) is 22.6 Å². The summed E-state index contributed by atoms with van der Waals surface area (Å²) in [6, 6.07) is 7.62. The van der Waals surface area contributed by atoms with E-state index in [0.717, 1.165) is 4.68 Å². The number of aromatic nitrogens is 6. The van der Waals surface area contributed by atoms with Crippen molar-refractivity contribution in [3.63, 3.8) is 0 Å². The number of halogens is 2. The fourth-order valence-corrected chi connectivity index (χ4v) is 2.94. The number of rotatable bonds is 1. The minimum atomic E-state index is -0.800. The summed E-state index contributed by atoms with van der Waals surface area (Å²) in [5.41, 5.74) is 0.241. The highest BCUT2D eigenvalue weighted by Crippen LogP contribution is 2.22. The van der Waals surface area contributed by atoms with Gasteiger partial charge in [0.05, 0.1) is 0 Å². The Morgan fingerprint density at radius 3 is 2.62 bits per heavy atom. The van der Waals surface area contributed by atoms with E-state index in [9.17, 15) is 9.18 Å². The second-order valence-corrected chi connectivity index (χ2v) is 7.94. The van der Waals surface area contributed by atoms with Crippen LogP contribution in [0.1, 0.15) is 32.2 Å². The van der Waals surface area contributed by atoms with Crippen molar-refractivity contribution < 1.29 is 13.9 Å². The molecule has 0 fully saturated rings. The van der Waals surface area contributed by atoms with E-state index >= 15 is 0 Å². The van der Waals surface area contributed by atoms with Crippen LogP contribution in [0.4, 0.5) is 9.18 Å². The van der Waals surface area contributed by atoms with Crippen LogP contribution in [0, 0.1) is 17.7 Å². The van der Waals surface area contributed by atoms with E-state index in [-0.39, 0.29) is 16.5 Å². The van der Waals surface area contributed by atoms with Crippen molar-refractivity contribution in [2.24, 2.45) is 0 Å². The Hall–Kier alpha value is -3.90. The molecule has 3 aromatic heterocycles. The molecule has 0 radical (unpaired) electrons. The Balaban J connectivity index is 1.75. The van der Waals surface area contributed by atoms with Gasteiger partial charge in [-0.05, 0) is 68.5 Å². The molecule has 0 saturated heterocycles. The number of carbonyl (C=O) groups excluding carboxylic acids is 1.